The smallest absolute Gasteiger partial charge is 0.345 e. The molecule has 0 aliphatic carbocycles. The van der Waals surface area contributed by atoms with Gasteiger partial charge in [-0.05, 0) is 37.6 Å². The predicted octanol–water partition coefficient (Wildman–Crippen LogP) is 4.59. The molecular weight excluding hydrogens is 349 g/mol. The maximum absolute atomic E-state index is 12.4. The third kappa shape index (κ3) is 6.25. The molecule has 132 valence electrons. The molecule has 0 fully saturated rings. The molecule has 0 aliphatic rings. The third-order valence-electron chi connectivity index (χ3n) is 2.94. The van der Waals surface area contributed by atoms with Gasteiger partial charge in [-0.2, -0.15) is 0 Å². The summed E-state index contributed by atoms with van der Waals surface area (Å²) in [5.41, 5.74) is 1.16. The molecule has 0 heterocycles. The van der Waals surface area contributed by atoms with Crippen LogP contribution in [0.15, 0.2) is 42.2 Å². The van der Waals surface area contributed by atoms with Gasteiger partial charge >= 0.3 is 7.60 Å². The second kappa shape index (κ2) is 9.80. The van der Waals surface area contributed by atoms with E-state index < -0.39 is 7.60 Å². The molecule has 0 aliphatic heterocycles. The van der Waals surface area contributed by atoms with E-state index in [4.69, 9.17) is 20.6 Å². The number of carbonyl (C=O) groups is 1. The Kier molecular flexibility index (Phi) is 8.43. The van der Waals surface area contributed by atoms with E-state index >= 15 is 0 Å². The van der Waals surface area contributed by atoms with Gasteiger partial charge in [0.15, 0.2) is 0 Å². The zero-order valence-electron chi connectivity index (χ0n) is 14.4. The minimum absolute atomic E-state index is 0.176. The fourth-order valence-electron chi connectivity index (χ4n) is 1.89. The van der Waals surface area contributed by atoms with Crippen LogP contribution >= 0.6 is 19.2 Å². The minimum atomic E-state index is -3.30. The normalized spacial score (nSPS) is 12.6. The van der Waals surface area contributed by atoms with Crippen LogP contribution in [-0.4, -0.2) is 38.1 Å². The van der Waals surface area contributed by atoms with E-state index in [0.29, 0.717) is 16.2 Å². The predicted molar refractivity (Wildman–Crippen MR) is 98.1 cm³/mol. The van der Waals surface area contributed by atoms with Crippen molar-refractivity contribution in [1.82, 2.24) is 4.90 Å². The Balaban J connectivity index is 3.17. The summed E-state index contributed by atoms with van der Waals surface area (Å²) in [6, 6.07) is 6.94. The number of nitrogens with zero attached hydrogens (tertiary/aromatic N) is 1. The molecule has 1 aromatic rings. The Hall–Kier alpha value is -1.39. The molecule has 0 radical (unpaired) electrons. The van der Waals surface area contributed by atoms with Gasteiger partial charge in [0.2, 0.25) is 0 Å². The lowest BCUT2D eigenvalue weighted by molar-refractivity contribution is -0.122. The number of rotatable bonds is 8. The number of hydrogen-bond donors (Lipinski definition) is 0. The first-order chi connectivity index (χ1) is 11.3. The SMILES string of the molecule is CCOP(=O)(/C=C/C=C(\C(=O)N(C)C)c1ccc(Cl)cc1)OCC. The maximum Gasteiger partial charge on any atom is 0.354 e. The summed E-state index contributed by atoms with van der Waals surface area (Å²) in [5.74, 6) is 1.18. The Morgan fingerprint density at radius 1 is 1.17 bits per heavy atom. The summed E-state index contributed by atoms with van der Waals surface area (Å²) < 4.78 is 22.8. The first-order valence-corrected chi connectivity index (χ1v) is 9.58. The lowest BCUT2D eigenvalue weighted by Crippen LogP contribution is -2.22. The quantitative estimate of drug-likeness (QED) is 0.381. The van der Waals surface area contributed by atoms with Crippen molar-refractivity contribution in [3.05, 3.63) is 52.8 Å². The van der Waals surface area contributed by atoms with Crippen molar-refractivity contribution in [1.29, 1.82) is 0 Å². The molecule has 0 aromatic heterocycles. The summed E-state index contributed by atoms with van der Waals surface area (Å²) >= 11 is 5.89. The molecule has 1 aromatic carbocycles. The number of likely N-dealkylation sites (N-methyl/N-ethyl adjacent to an activating group) is 1. The van der Waals surface area contributed by atoms with Crippen LogP contribution < -0.4 is 0 Å². The van der Waals surface area contributed by atoms with Crippen LogP contribution in [-0.2, 0) is 18.4 Å². The average Bonchev–Trinajstić information content (AvgIpc) is 2.52. The van der Waals surface area contributed by atoms with Crippen molar-refractivity contribution in [2.75, 3.05) is 27.3 Å². The summed E-state index contributed by atoms with van der Waals surface area (Å²) in [6.07, 6.45) is 3.12. The Morgan fingerprint density at radius 2 is 1.71 bits per heavy atom. The van der Waals surface area contributed by atoms with Crippen LogP contribution in [0.1, 0.15) is 19.4 Å². The van der Waals surface area contributed by atoms with Crippen molar-refractivity contribution >= 4 is 30.7 Å². The fourth-order valence-corrected chi connectivity index (χ4v) is 3.28. The van der Waals surface area contributed by atoms with E-state index in [0.717, 1.165) is 0 Å². The van der Waals surface area contributed by atoms with Crippen LogP contribution in [0, 0.1) is 0 Å². The standard InChI is InChI=1S/C17H23ClNO4P/c1-5-22-24(21,23-6-2)13-7-8-16(17(20)19(3)4)14-9-11-15(18)12-10-14/h7-13H,5-6H2,1-4H3/b13-7+,16-8-. The van der Waals surface area contributed by atoms with Crippen molar-refractivity contribution < 1.29 is 18.4 Å². The summed E-state index contributed by atoms with van der Waals surface area (Å²) in [7, 11) is 0.0354. The van der Waals surface area contributed by atoms with Crippen LogP contribution in [0.3, 0.4) is 0 Å². The first kappa shape index (κ1) is 20.7. The molecule has 1 rings (SSSR count). The number of hydrogen-bond acceptors (Lipinski definition) is 4. The topological polar surface area (TPSA) is 55.8 Å². The van der Waals surface area contributed by atoms with Gasteiger partial charge in [-0.1, -0.05) is 29.8 Å². The average molecular weight is 372 g/mol. The van der Waals surface area contributed by atoms with Gasteiger partial charge in [0.05, 0.1) is 13.2 Å². The van der Waals surface area contributed by atoms with E-state index in [1.165, 1.54) is 16.8 Å². The number of allylic oxidation sites excluding steroid dienone is 2. The van der Waals surface area contributed by atoms with Crippen molar-refractivity contribution in [2.45, 2.75) is 13.8 Å². The van der Waals surface area contributed by atoms with Crippen molar-refractivity contribution in [3.63, 3.8) is 0 Å². The summed E-state index contributed by atoms with van der Waals surface area (Å²) in [4.78, 5) is 13.9. The van der Waals surface area contributed by atoms with Gasteiger partial charge in [0, 0.05) is 30.5 Å². The molecule has 1 amide bonds. The summed E-state index contributed by atoms with van der Waals surface area (Å²) in [5, 5.41) is 0.586. The maximum atomic E-state index is 12.4. The molecule has 0 spiro atoms. The largest absolute Gasteiger partial charge is 0.354 e. The molecule has 0 N–H and O–H groups in total. The molecule has 5 nitrogen and oxygen atoms in total. The molecule has 24 heavy (non-hydrogen) atoms. The van der Waals surface area contributed by atoms with Crippen LogP contribution in [0.25, 0.3) is 5.57 Å². The van der Waals surface area contributed by atoms with E-state index in [9.17, 15) is 9.36 Å². The molecule has 0 bridgehead atoms. The first-order valence-electron chi connectivity index (χ1n) is 7.59. The number of benzene rings is 1. The van der Waals surface area contributed by atoms with Crippen molar-refractivity contribution in [3.8, 4) is 0 Å². The van der Waals surface area contributed by atoms with Crippen LogP contribution in [0.2, 0.25) is 5.02 Å². The highest BCUT2D eigenvalue weighted by Gasteiger charge is 2.19. The zero-order valence-corrected chi connectivity index (χ0v) is 16.0. The Labute approximate surface area is 148 Å². The number of halogens is 1. The zero-order chi connectivity index (χ0) is 18.2. The monoisotopic (exact) mass is 371 g/mol. The second-order valence-corrected chi connectivity index (χ2v) is 7.33. The Bertz CT molecular complexity index is 643. The highest BCUT2D eigenvalue weighted by atomic mass is 35.5. The third-order valence-corrected chi connectivity index (χ3v) is 4.97. The lowest BCUT2D eigenvalue weighted by Gasteiger charge is -2.14. The van der Waals surface area contributed by atoms with Crippen LogP contribution in [0.5, 0.6) is 0 Å². The van der Waals surface area contributed by atoms with Gasteiger partial charge in [0.1, 0.15) is 0 Å². The van der Waals surface area contributed by atoms with Crippen LogP contribution in [0.4, 0.5) is 0 Å². The highest BCUT2D eigenvalue weighted by molar-refractivity contribution is 7.57. The van der Waals surface area contributed by atoms with Gasteiger partial charge in [-0.25, -0.2) is 0 Å². The fraction of sp³-hybridized carbons (Fsp3) is 0.353. The summed E-state index contributed by atoms with van der Waals surface area (Å²) in [6.45, 7) is 4.02. The molecule has 0 saturated carbocycles. The second-order valence-electron chi connectivity index (χ2n) is 5.00. The minimum Gasteiger partial charge on any atom is -0.345 e. The Morgan fingerprint density at radius 3 is 2.17 bits per heavy atom. The van der Waals surface area contributed by atoms with Gasteiger partial charge in [0.25, 0.3) is 5.91 Å². The van der Waals surface area contributed by atoms with Gasteiger partial charge in [-0.3, -0.25) is 9.36 Å². The molecule has 0 atom stereocenters. The molecular formula is C17H23ClNO4P. The van der Waals surface area contributed by atoms with Crippen molar-refractivity contribution in [2.24, 2.45) is 0 Å². The van der Waals surface area contributed by atoms with E-state index in [-0.39, 0.29) is 19.1 Å². The number of amides is 1. The lowest BCUT2D eigenvalue weighted by atomic mass is 10.0. The molecule has 0 saturated heterocycles. The van der Waals surface area contributed by atoms with Gasteiger partial charge in [-0.15, -0.1) is 0 Å². The molecule has 0 unspecified atom stereocenters. The van der Waals surface area contributed by atoms with E-state index in [2.05, 4.69) is 0 Å². The highest BCUT2D eigenvalue weighted by Crippen LogP contribution is 2.49. The number of carbonyl (C=O) groups excluding carboxylic acids is 1. The van der Waals surface area contributed by atoms with Gasteiger partial charge < -0.3 is 13.9 Å². The van der Waals surface area contributed by atoms with E-state index in [1.807, 2.05) is 0 Å². The van der Waals surface area contributed by atoms with E-state index in [1.54, 1.807) is 58.3 Å². The molecule has 7 heteroatoms.